The van der Waals surface area contributed by atoms with Crippen LogP contribution in [0.15, 0.2) is 30.3 Å². The second kappa shape index (κ2) is 5.38. The van der Waals surface area contributed by atoms with Crippen LogP contribution < -0.4 is 10.1 Å². The Morgan fingerprint density at radius 2 is 2.06 bits per heavy atom. The maximum atomic E-state index is 11.9. The molecule has 94 valence electrons. The molecule has 0 fully saturated rings. The maximum absolute atomic E-state index is 11.9. The lowest BCUT2D eigenvalue weighted by Gasteiger charge is -2.02. The molecular weight excluding hydrogens is 345 g/mol. The number of carbonyl (C=O) groups is 1. The Kier molecular flexibility index (Phi) is 3.85. The quantitative estimate of drug-likeness (QED) is 0.858. The van der Waals surface area contributed by atoms with Crippen molar-refractivity contribution in [1.29, 1.82) is 0 Å². The number of rotatable bonds is 3. The molecule has 0 aliphatic rings. The molecule has 0 radical (unpaired) electrons. The lowest BCUT2D eigenvalue weighted by molar-refractivity contribution is 0.102. The SMILES string of the molecule is COc1cc(C(=O)Nc2ccc(I)cc2)nn1C. The average molecular weight is 357 g/mol. The van der Waals surface area contributed by atoms with Crippen molar-refractivity contribution < 1.29 is 9.53 Å². The largest absolute Gasteiger partial charge is 0.481 e. The Hall–Kier alpha value is -1.57. The third kappa shape index (κ3) is 2.81. The molecule has 0 aliphatic carbocycles. The molecule has 5 nitrogen and oxygen atoms in total. The summed E-state index contributed by atoms with van der Waals surface area (Å²) in [5.41, 5.74) is 1.07. The smallest absolute Gasteiger partial charge is 0.276 e. The van der Waals surface area contributed by atoms with Crippen LogP contribution in [-0.2, 0) is 7.05 Å². The zero-order chi connectivity index (χ0) is 13.1. The highest BCUT2D eigenvalue weighted by Gasteiger charge is 2.13. The summed E-state index contributed by atoms with van der Waals surface area (Å²) in [4.78, 5) is 11.9. The first-order valence-electron chi connectivity index (χ1n) is 5.25. The predicted molar refractivity (Wildman–Crippen MR) is 76.9 cm³/mol. The lowest BCUT2D eigenvalue weighted by Crippen LogP contribution is -2.12. The van der Waals surface area contributed by atoms with Crippen LogP contribution in [0.2, 0.25) is 0 Å². The van der Waals surface area contributed by atoms with E-state index in [2.05, 4.69) is 33.0 Å². The maximum Gasteiger partial charge on any atom is 0.276 e. The summed E-state index contributed by atoms with van der Waals surface area (Å²) < 4.78 is 7.69. The van der Waals surface area contributed by atoms with Crippen LogP contribution in [0.25, 0.3) is 0 Å². The van der Waals surface area contributed by atoms with E-state index in [1.54, 1.807) is 13.1 Å². The molecule has 2 aromatic rings. The van der Waals surface area contributed by atoms with Crippen LogP contribution in [0.3, 0.4) is 0 Å². The first kappa shape index (κ1) is 12.9. The fourth-order valence-corrected chi connectivity index (χ4v) is 1.84. The predicted octanol–water partition coefficient (Wildman–Crippen LogP) is 2.29. The molecule has 2 rings (SSSR count). The second-order valence-corrected chi connectivity index (χ2v) is 4.90. The number of hydrogen-bond acceptors (Lipinski definition) is 3. The zero-order valence-electron chi connectivity index (χ0n) is 9.98. The van der Waals surface area contributed by atoms with Gasteiger partial charge in [0.15, 0.2) is 5.69 Å². The van der Waals surface area contributed by atoms with Gasteiger partial charge in [-0.2, -0.15) is 5.10 Å². The van der Waals surface area contributed by atoms with E-state index < -0.39 is 0 Å². The zero-order valence-corrected chi connectivity index (χ0v) is 12.1. The Labute approximate surface area is 118 Å². The number of nitrogens with zero attached hydrogens (tertiary/aromatic N) is 2. The highest BCUT2D eigenvalue weighted by Crippen LogP contribution is 2.15. The third-order valence-corrected chi connectivity index (χ3v) is 3.10. The van der Waals surface area contributed by atoms with Crippen molar-refractivity contribution in [3.8, 4) is 5.88 Å². The minimum absolute atomic E-state index is 0.255. The van der Waals surface area contributed by atoms with Crippen LogP contribution >= 0.6 is 22.6 Å². The molecule has 0 saturated heterocycles. The Morgan fingerprint density at radius 3 is 2.61 bits per heavy atom. The molecule has 0 bridgehead atoms. The van der Waals surface area contributed by atoms with E-state index >= 15 is 0 Å². The number of carbonyl (C=O) groups excluding carboxylic acids is 1. The Bertz CT molecular complexity index is 563. The number of amides is 1. The molecule has 1 N–H and O–H groups in total. The molecule has 0 aliphatic heterocycles. The van der Waals surface area contributed by atoms with Crippen molar-refractivity contribution in [2.75, 3.05) is 12.4 Å². The summed E-state index contributed by atoms with van der Waals surface area (Å²) >= 11 is 2.21. The second-order valence-electron chi connectivity index (χ2n) is 3.66. The van der Waals surface area contributed by atoms with Crippen molar-refractivity contribution in [3.05, 3.63) is 39.6 Å². The number of benzene rings is 1. The van der Waals surface area contributed by atoms with Gasteiger partial charge in [-0.05, 0) is 46.9 Å². The van der Waals surface area contributed by atoms with E-state index in [9.17, 15) is 4.79 Å². The molecule has 1 aromatic carbocycles. The summed E-state index contributed by atoms with van der Waals surface area (Å²) in [5, 5.41) is 6.85. The number of nitrogens with one attached hydrogen (secondary N) is 1. The van der Waals surface area contributed by atoms with Gasteiger partial charge in [-0.15, -0.1) is 0 Å². The Balaban J connectivity index is 2.14. The van der Waals surface area contributed by atoms with Gasteiger partial charge in [-0.1, -0.05) is 0 Å². The van der Waals surface area contributed by atoms with E-state index in [1.165, 1.54) is 11.8 Å². The van der Waals surface area contributed by atoms with Gasteiger partial charge in [0.05, 0.1) is 7.11 Å². The number of aryl methyl sites for hydroxylation is 1. The molecule has 18 heavy (non-hydrogen) atoms. The van der Waals surface area contributed by atoms with Crippen LogP contribution in [0.1, 0.15) is 10.5 Å². The first-order valence-corrected chi connectivity index (χ1v) is 6.33. The van der Waals surface area contributed by atoms with Gasteiger partial charge in [0.1, 0.15) is 0 Å². The number of hydrogen-bond donors (Lipinski definition) is 1. The standard InChI is InChI=1S/C12H12IN3O2/c1-16-11(18-2)7-10(15-16)12(17)14-9-5-3-8(13)4-6-9/h3-7H,1-2H3,(H,14,17). The molecule has 0 spiro atoms. The topological polar surface area (TPSA) is 56.1 Å². The van der Waals surface area contributed by atoms with Crippen molar-refractivity contribution in [2.24, 2.45) is 7.05 Å². The lowest BCUT2D eigenvalue weighted by atomic mass is 10.3. The molecule has 6 heteroatoms. The van der Waals surface area contributed by atoms with Crippen LogP contribution in [0, 0.1) is 3.57 Å². The van der Waals surface area contributed by atoms with Gasteiger partial charge in [0, 0.05) is 22.4 Å². The van der Waals surface area contributed by atoms with Gasteiger partial charge in [0.25, 0.3) is 5.91 Å². The molecule has 0 atom stereocenters. The van der Waals surface area contributed by atoms with Gasteiger partial charge in [-0.3, -0.25) is 4.79 Å². The fraction of sp³-hybridized carbons (Fsp3) is 0.167. The molecular formula is C12H12IN3O2. The molecule has 0 unspecified atom stereocenters. The van der Waals surface area contributed by atoms with Crippen LogP contribution in [-0.4, -0.2) is 22.8 Å². The number of aromatic nitrogens is 2. The minimum Gasteiger partial charge on any atom is -0.481 e. The van der Waals surface area contributed by atoms with E-state index in [0.717, 1.165) is 9.26 Å². The molecule has 0 saturated carbocycles. The highest BCUT2D eigenvalue weighted by molar-refractivity contribution is 14.1. The van der Waals surface area contributed by atoms with E-state index in [1.807, 2.05) is 24.3 Å². The molecule has 1 amide bonds. The monoisotopic (exact) mass is 357 g/mol. The van der Waals surface area contributed by atoms with Gasteiger partial charge >= 0.3 is 0 Å². The van der Waals surface area contributed by atoms with Crippen molar-refractivity contribution in [3.63, 3.8) is 0 Å². The van der Waals surface area contributed by atoms with Crippen LogP contribution in [0.4, 0.5) is 5.69 Å². The highest BCUT2D eigenvalue weighted by atomic mass is 127. The van der Waals surface area contributed by atoms with Gasteiger partial charge in [-0.25, -0.2) is 4.68 Å². The number of halogens is 1. The molecule has 1 heterocycles. The molecule has 1 aromatic heterocycles. The van der Waals surface area contributed by atoms with Crippen molar-refractivity contribution in [1.82, 2.24) is 9.78 Å². The summed E-state index contributed by atoms with van der Waals surface area (Å²) in [5.74, 6) is 0.290. The van der Waals surface area contributed by atoms with Crippen molar-refractivity contribution >= 4 is 34.2 Å². The van der Waals surface area contributed by atoms with E-state index in [4.69, 9.17) is 4.74 Å². The number of anilines is 1. The van der Waals surface area contributed by atoms with Gasteiger partial charge < -0.3 is 10.1 Å². The van der Waals surface area contributed by atoms with Gasteiger partial charge in [0.2, 0.25) is 5.88 Å². The Morgan fingerprint density at radius 1 is 1.39 bits per heavy atom. The summed E-state index contributed by atoms with van der Waals surface area (Å²) in [6.07, 6.45) is 0. The number of methoxy groups -OCH3 is 1. The van der Waals surface area contributed by atoms with Crippen LogP contribution in [0.5, 0.6) is 5.88 Å². The van der Waals surface area contributed by atoms with E-state index in [0.29, 0.717) is 11.6 Å². The minimum atomic E-state index is -0.255. The summed E-state index contributed by atoms with van der Waals surface area (Å²) in [7, 11) is 3.26. The fourth-order valence-electron chi connectivity index (χ4n) is 1.48. The summed E-state index contributed by atoms with van der Waals surface area (Å²) in [6.45, 7) is 0. The normalized spacial score (nSPS) is 10.2. The van der Waals surface area contributed by atoms with Crippen molar-refractivity contribution in [2.45, 2.75) is 0 Å². The summed E-state index contributed by atoms with van der Waals surface area (Å²) in [6, 6.07) is 9.14. The number of ether oxygens (including phenoxy) is 1. The third-order valence-electron chi connectivity index (χ3n) is 2.38. The average Bonchev–Trinajstić information content (AvgIpc) is 2.73. The first-order chi connectivity index (χ1) is 8.60. The van der Waals surface area contributed by atoms with E-state index in [-0.39, 0.29) is 5.91 Å².